The molecule has 0 fully saturated rings. The summed E-state index contributed by atoms with van der Waals surface area (Å²) in [5, 5.41) is 2.39. The molecule has 22 heavy (non-hydrogen) atoms. The summed E-state index contributed by atoms with van der Waals surface area (Å²) in [6, 6.07) is 3.78. The Kier molecular flexibility index (Phi) is 5.45. The Labute approximate surface area is 130 Å². The molecule has 1 aromatic carbocycles. The van der Waals surface area contributed by atoms with E-state index in [1.807, 2.05) is 0 Å². The molecule has 0 aliphatic heterocycles. The SMILES string of the molecule is CC(C)(C)OC(=O)Nc1ccc(CC(=O)C(F)(F)F)cc1Cl. The van der Waals surface area contributed by atoms with Crippen LogP contribution in [-0.2, 0) is 16.0 Å². The molecule has 4 nitrogen and oxygen atoms in total. The molecule has 0 saturated heterocycles. The lowest BCUT2D eigenvalue weighted by molar-refractivity contribution is -0.170. The van der Waals surface area contributed by atoms with E-state index in [1.165, 1.54) is 18.2 Å². The van der Waals surface area contributed by atoms with Gasteiger partial charge >= 0.3 is 12.3 Å². The first-order valence-electron chi connectivity index (χ1n) is 6.27. The summed E-state index contributed by atoms with van der Waals surface area (Å²) in [6.07, 6.45) is -6.44. The van der Waals surface area contributed by atoms with E-state index in [-0.39, 0.29) is 16.3 Å². The quantitative estimate of drug-likeness (QED) is 0.891. The summed E-state index contributed by atoms with van der Waals surface area (Å²) < 4.78 is 41.6. The Hall–Kier alpha value is -1.76. The van der Waals surface area contributed by atoms with Gasteiger partial charge in [-0.05, 0) is 38.5 Å². The Morgan fingerprint density at radius 3 is 2.27 bits per heavy atom. The maximum atomic E-state index is 12.2. The molecule has 0 aliphatic rings. The molecule has 1 N–H and O–H groups in total. The second-order valence-corrected chi connectivity index (χ2v) is 5.95. The Morgan fingerprint density at radius 1 is 1.23 bits per heavy atom. The van der Waals surface area contributed by atoms with Gasteiger partial charge in [0, 0.05) is 6.42 Å². The summed E-state index contributed by atoms with van der Waals surface area (Å²) in [6.45, 7) is 5.04. The Bertz CT molecular complexity index is 580. The van der Waals surface area contributed by atoms with Crippen molar-refractivity contribution in [1.82, 2.24) is 0 Å². The molecular weight excluding hydrogens is 323 g/mol. The van der Waals surface area contributed by atoms with E-state index in [4.69, 9.17) is 16.3 Å². The largest absolute Gasteiger partial charge is 0.450 e. The van der Waals surface area contributed by atoms with E-state index in [0.29, 0.717) is 0 Å². The van der Waals surface area contributed by atoms with Gasteiger partial charge in [0.25, 0.3) is 0 Å². The van der Waals surface area contributed by atoms with Crippen LogP contribution in [0.3, 0.4) is 0 Å². The van der Waals surface area contributed by atoms with Crippen molar-refractivity contribution in [1.29, 1.82) is 0 Å². The lowest BCUT2D eigenvalue weighted by Gasteiger charge is -2.20. The van der Waals surface area contributed by atoms with Crippen molar-refractivity contribution in [2.24, 2.45) is 0 Å². The van der Waals surface area contributed by atoms with Crippen LogP contribution in [0.15, 0.2) is 18.2 Å². The van der Waals surface area contributed by atoms with Crippen molar-refractivity contribution in [3.63, 3.8) is 0 Å². The van der Waals surface area contributed by atoms with Crippen molar-refractivity contribution in [2.45, 2.75) is 39.0 Å². The van der Waals surface area contributed by atoms with Crippen LogP contribution in [0.5, 0.6) is 0 Å². The second-order valence-electron chi connectivity index (χ2n) is 5.54. The van der Waals surface area contributed by atoms with Gasteiger partial charge in [-0.1, -0.05) is 17.7 Å². The van der Waals surface area contributed by atoms with Crippen molar-refractivity contribution in [3.05, 3.63) is 28.8 Å². The van der Waals surface area contributed by atoms with Crippen LogP contribution in [0.25, 0.3) is 0 Å². The molecule has 1 amide bonds. The minimum Gasteiger partial charge on any atom is -0.444 e. The van der Waals surface area contributed by atoms with Crippen LogP contribution in [0.2, 0.25) is 5.02 Å². The fourth-order valence-electron chi connectivity index (χ4n) is 1.47. The van der Waals surface area contributed by atoms with Crippen LogP contribution >= 0.6 is 11.6 Å². The number of hydrogen-bond acceptors (Lipinski definition) is 3. The Balaban J connectivity index is 2.78. The molecule has 0 bridgehead atoms. The zero-order valence-corrected chi connectivity index (χ0v) is 12.9. The van der Waals surface area contributed by atoms with Crippen LogP contribution in [0, 0.1) is 0 Å². The van der Waals surface area contributed by atoms with Crippen molar-refractivity contribution >= 4 is 29.2 Å². The van der Waals surface area contributed by atoms with Gasteiger partial charge in [-0.15, -0.1) is 0 Å². The lowest BCUT2D eigenvalue weighted by atomic mass is 10.1. The fraction of sp³-hybridized carbons (Fsp3) is 0.429. The van der Waals surface area contributed by atoms with E-state index in [1.54, 1.807) is 20.8 Å². The number of ketones is 1. The van der Waals surface area contributed by atoms with E-state index in [9.17, 15) is 22.8 Å². The third kappa shape index (κ3) is 5.93. The summed E-state index contributed by atoms with van der Waals surface area (Å²) >= 11 is 5.88. The van der Waals surface area contributed by atoms with Crippen LogP contribution in [0.1, 0.15) is 26.3 Å². The maximum Gasteiger partial charge on any atom is 0.450 e. The van der Waals surface area contributed by atoms with Gasteiger partial charge in [0.2, 0.25) is 5.78 Å². The summed E-state index contributed by atoms with van der Waals surface area (Å²) in [7, 11) is 0. The summed E-state index contributed by atoms with van der Waals surface area (Å²) in [5.41, 5.74) is -0.420. The number of alkyl halides is 3. The topological polar surface area (TPSA) is 55.4 Å². The standard InChI is InChI=1S/C14H15ClF3NO3/c1-13(2,3)22-12(21)19-10-5-4-8(6-9(10)15)7-11(20)14(16,17)18/h4-6H,7H2,1-3H3,(H,19,21). The van der Waals surface area contributed by atoms with Crippen LogP contribution in [-0.4, -0.2) is 23.7 Å². The first kappa shape index (κ1) is 18.3. The highest BCUT2D eigenvalue weighted by atomic mass is 35.5. The van der Waals surface area contributed by atoms with Gasteiger partial charge < -0.3 is 4.74 Å². The number of Topliss-reactive ketones (excluding diaryl/α,β-unsaturated/α-hetero) is 1. The summed E-state index contributed by atoms with van der Waals surface area (Å²) in [4.78, 5) is 22.5. The first-order chi connectivity index (χ1) is 9.88. The maximum absolute atomic E-state index is 12.2. The normalized spacial score (nSPS) is 12.0. The minimum absolute atomic E-state index is 0.0123. The predicted molar refractivity (Wildman–Crippen MR) is 76.1 cm³/mol. The van der Waals surface area contributed by atoms with Gasteiger partial charge in [-0.3, -0.25) is 10.1 Å². The van der Waals surface area contributed by atoms with Gasteiger partial charge in [-0.25, -0.2) is 4.79 Å². The number of carbonyl (C=O) groups is 2. The predicted octanol–water partition coefficient (Wildman–Crippen LogP) is 4.36. The fourth-order valence-corrected chi connectivity index (χ4v) is 1.72. The molecule has 0 aliphatic carbocycles. The first-order valence-corrected chi connectivity index (χ1v) is 6.65. The number of halogens is 4. The number of carbonyl (C=O) groups excluding carboxylic acids is 2. The zero-order valence-electron chi connectivity index (χ0n) is 12.2. The number of ether oxygens (including phenoxy) is 1. The van der Waals surface area contributed by atoms with Gasteiger partial charge in [0.1, 0.15) is 5.60 Å². The number of amides is 1. The molecule has 0 radical (unpaired) electrons. The zero-order chi connectivity index (χ0) is 17.1. The van der Waals surface area contributed by atoms with Crippen LogP contribution in [0.4, 0.5) is 23.7 Å². The number of hydrogen-bond donors (Lipinski definition) is 1. The van der Waals surface area contributed by atoms with E-state index >= 15 is 0 Å². The number of benzene rings is 1. The van der Waals surface area contributed by atoms with Crippen LogP contribution < -0.4 is 5.32 Å². The average molecular weight is 338 g/mol. The lowest BCUT2D eigenvalue weighted by Crippen LogP contribution is -2.27. The molecule has 0 heterocycles. The highest BCUT2D eigenvalue weighted by Gasteiger charge is 2.37. The third-order valence-electron chi connectivity index (χ3n) is 2.35. The van der Waals surface area contributed by atoms with Crippen molar-refractivity contribution < 1.29 is 27.5 Å². The van der Waals surface area contributed by atoms with Gasteiger partial charge in [0.05, 0.1) is 10.7 Å². The van der Waals surface area contributed by atoms with Crippen molar-refractivity contribution in [2.75, 3.05) is 5.32 Å². The summed E-state index contributed by atoms with van der Waals surface area (Å²) in [5.74, 6) is -1.86. The highest BCUT2D eigenvalue weighted by molar-refractivity contribution is 6.33. The highest BCUT2D eigenvalue weighted by Crippen LogP contribution is 2.26. The smallest absolute Gasteiger partial charge is 0.444 e. The third-order valence-corrected chi connectivity index (χ3v) is 2.66. The molecule has 0 atom stereocenters. The molecule has 1 aromatic rings. The molecule has 0 aromatic heterocycles. The average Bonchev–Trinajstić information content (AvgIpc) is 2.29. The molecule has 1 rings (SSSR count). The number of nitrogens with one attached hydrogen (secondary N) is 1. The molecule has 0 saturated carbocycles. The number of anilines is 1. The molecular formula is C14H15ClF3NO3. The van der Waals surface area contributed by atoms with E-state index in [2.05, 4.69) is 5.32 Å². The minimum atomic E-state index is -4.89. The number of rotatable bonds is 3. The molecule has 0 spiro atoms. The monoisotopic (exact) mass is 337 g/mol. The molecule has 122 valence electrons. The second kappa shape index (κ2) is 6.56. The van der Waals surface area contributed by atoms with E-state index in [0.717, 1.165) is 0 Å². The Morgan fingerprint density at radius 2 is 1.82 bits per heavy atom. The molecule has 0 unspecified atom stereocenters. The van der Waals surface area contributed by atoms with E-state index < -0.39 is 30.1 Å². The molecule has 8 heteroatoms. The van der Waals surface area contributed by atoms with Gasteiger partial charge in [0.15, 0.2) is 0 Å². The van der Waals surface area contributed by atoms with Crippen molar-refractivity contribution in [3.8, 4) is 0 Å². The van der Waals surface area contributed by atoms with Gasteiger partial charge in [-0.2, -0.15) is 13.2 Å².